The third-order valence-electron chi connectivity index (χ3n) is 5.12. The molecule has 0 nitrogen and oxygen atoms in total. The molecule has 0 aromatic carbocycles. The minimum Gasteiger partial charge on any atom is -0.228 e. The van der Waals surface area contributed by atoms with Crippen molar-refractivity contribution in [1.29, 1.82) is 0 Å². The fraction of sp³-hybridized carbons (Fsp3) is 0.833. The van der Waals surface area contributed by atoms with E-state index in [1.165, 1.54) is 0 Å². The van der Waals surface area contributed by atoms with Gasteiger partial charge in [-0.25, -0.2) is 22.0 Å². The summed E-state index contributed by atoms with van der Waals surface area (Å²) in [5.41, 5.74) is -22.8. The third kappa shape index (κ3) is 1.39. The molecule has 2 atom stereocenters. The lowest BCUT2D eigenvalue weighted by atomic mass is 9.44. The number of hydrogen-bond acceptors (Lipinski definition) is 0. The fourth-order valence-corrected chi connectivity index (χ4v) is 3.58. The summed E-state index contributed by atoms with van der Waals surface area (Å²) in [5.74, 6) is -38.9. The normalized spacial score (nSPS) is 43.6. The van der Waals surface area contributed by atoms with E-state index in [0.29, 0.717) is 0 Å². The zero-order valence-electron chi connectivity index (χ0n) is 12.0. The van der Waals surface area contributed by atoms with Crippen LogP contribution < -0.4 is 0 Å². The van der Waals surface area contributed by atoms with Crippen LogP contribution in [0.3, 0.4) is 0 Å². The Morgan fingerprint density at radius 3 is 1.15 bits per heavy atom. The van der Waals surface area contributed by atoms with E-state index < -0.39 is 70.6 Å². The van der Waals surface area contributed by atoms with Gasteiger partial charge in [0.15, 0.2) is 0 Å². The number of hydrogen-bond donors (Lipinski definition) is 0. The van der Waals surface area contributed by atoms with Crippen LogP contribution in [0.1, 0.15) is 6.42 Å². The largest absolute Gasteiger partial charge is 0.379 e. The number of alkyl halides is 15. The Hall–Kier alpha value is -1.31. The van der Waals surface area contributed by atoms with Gasteiger partial charge in [0.1, 0.15) is 0 Å². The fourth-order valence-electron chi connectivity index (χ4n) is 3.58. The predicted octanol–water partition coefficient (Wildman–Crippen LogP) is 5.28. The van der Waals surface area contributed by atoms with Crippen molar-refractivity contribution in [3.63, 3.8) is 0 Å². The quantitative estimate of drug-likeness (QED) is 0.412. The maximum Gasteiger partial charge on any atom is 0.379 e. The van der Waals surface area contributed by atoms with Crippen LogP contribution in [0.5, 0.6) is 0 Å². The third-order valence-corrected chi connectivity index (χ3v) is 5.12. The Kier molecular flexibility index (Phi) is 3.15. The Balaban J connectivity index is 2.30. The molecule has 0 aromatic rings. The van der Waals surface area contributed by atoms with Crippen LogP contribution in [-0.2, 0) is 0 Å². The lowest BCUT2D eigenvalue weighted by Crippen LogP contribution is -3.02. The molecule has 2 unspecified atom stereocenters. The summed E-state index contributed by atoms with van der Waals surface area (Å²) < 4.78 is 201. The van der Waals surface area contributed by atoms with Crippen molar-refractivity contribution in [3.05, 3.63) is 11.6 Å². The monoisotopic (exact) mass is 432 g/mol. The summed E-state index contributed by atoms with van der Waals surface area (Å²) in [7, 11) is 0. The van der Waals surface area contributed by atoms with E-state index in [9.17, 15) is 65.9 Å². The molecule has 3 aliphatic rings. The Bertz CT molecular complexity index is 730. The molecule has 15 heteroatoms. The van der Waals surface area contributed by atoms with Crippen molar-refractivity contribution in [2.75, 3.05) is 0 Å². The molecule has 2 fully saturated rings. The predicted molar refractivity (Wildman–Crippen MR) is 53.9 cm³/mol. The zero-order chi connectivity index (χ0) is 21.5. The second-order valence-corrected chi connectivity index (χ2v) is 6.45. The highest BCUT2D eigenvalue weighted by molar-refractivity contribution is 5.55. The first-order valence-corrected chi connectivity index (χ1v) is 6.62. The molecular weight excluding hydrogens is 429 g/mol. The molecule has 0 saturated heterocycles. The molecule has 2 saturated carbocycles. The van der Waals surface area contributed by atoms with Crippen molar-refractivity contribution in [2.45, 2.75) is 59.0 Å². The molecule has 0 amide bonds. The summed E-state index contributed by atoms with van der Waals surface area (Å²) >= 11 is 0. The Morgan fingerprint density at radius 1 is 0.481 bits per heavy atom. The minimum atomic E-state index is -7.18. The first-order chi connectivity index (χ1) is 11.6. The lowest BCUT2D eigenvalue weighted by Gasteiger charge is -2.69. The second kappa shape index (κ2) is 4.16. The Morgan fingerprint density at radius 2 is 0.815 bits per heavy atom. The second-order valence-electron chi connectivity index (χ2n) is 6.45. The molecule has 156 valence electrons. The van der Waals surface area contributed by atoms with Gasteiger partial charge in [-0.3, -0.25) is 0 Å². The smallest absolute Gasteiger partial charge is 0.228 e. The van der Waals surface area contributed by atoms with Crippen molar-refractivity contribution < 1.29 is 65.9 Å². The standard InChI is InChI=1S/C12H3F15/c13-4(14)1-3(2-4)5(15)6(16,9(20,21)8(5,18)19)7(17)10(22,23)12(26,27)11(7,24)25/h1H,2H2. The highest BCUT2D eigenvalue weighted by Gasteiger charge is 3.16. The van der Waals surface area contributed by atoms with E-state index in [4.69, 9.17) is 0 Å². The number of halogens is 15. The molecule has 0 heterocycles. The van der Waals surface area contributed by atoms with Gasteiger partial charge in [0.05, 0.1) is 0 Å². The van der Waals surface area contributed by atoms with Gasteiger partial charge in [0, 0.05) is 6.42 Å². The molecule has 27 heavy (non-hydrogen) atoms. The molecule has 0 aromatic heterocycles. The van der Waals surface area contributed by atoms with E-state index in [0.717, 1.165) is 0 Å². The van der Waals surface area contributed by atoms with Gasteiger partial charge < -0.3 is 0 Å². The van der Waals surface area contributed by atoms with Crippen LogP contribution >= 0.6 is 0 Å². The number of rotatable bonds is 2. The molecule has 0 bridgehead atoms. The average molecular weight is 432 g/mol. The van der Waals surface area contributed by atoms with Crippen LogP contribution in [0.15, 0.2) is 11.6 Å². The van der Waals surface area contributed by atoms with Gasteiger partial charge in [-0.15, -0.1) is 0 Å². The highest BCUT2D eigenvalue weighted by atomic mass is 19.4. The molecular formula is C12H3F15. The van der Waals surface area contributed by atoms with E-state index in [1.807, 2.05) is 0 Å². The summed E-state index contributed by atoms with van der Waals surface area (Å²) in [6, 6.07) is 0. The highest BCUT2D eigenvalue weighted by Crippen LogP contribution is 2.84. The van der Waals surface area contributed by atoms with Crippen LogP contribution in [0.2, 0.25) is 0 Å². The molecule has 0 radical (unpaired) electrons. The minimum absolute atomic E-state index is 0.985. The maximum atomic E-state index is 14.6. The van der Waals surface area contributed by atoms with Gasteiger partial charge in [0.25, 0.3) is 17.3 Å². The van der Waals surface area contributed by atoms with E-state index in [2.05, 4.69) is 0 Å². The topological polar surface area (TPSA) is 0 Å². The number of allylic oxidation sites excluding steroid dienone is 2. The average Bonchev–Trinajstić information content (AvgIpc) is 2.47. The van der Waals surface area contributed by atoms with Crippen molar-refractivity contribution in [3.8, 4) is 0 Å². The first-order valence-electron chi connectivity index (χ1n) is 6.62. The zero-order valence-corrected chi connectivity index (χ0v) is 12.0. The molecule has 0 spiro atoms. The first kappa shape index (κ1) is 20.4. The van der Waals surface area contributed by atoms with Crippen molar-refractivity contribution in [2.24, 2.45) is 0 Å². The summed E-state index contributed by atoms with van der Waals surface area (Å²) in [4.78, 5) is 0. The molecule has 0 aliphatic heterocycles. The Labute approximate surface area is 138 Å². The summed E-state index contributed by atoms with van der Waals surface area (Å²) in [5, 5.41) is 0. The van der Waals surface area contributed by atoms with Crippen LogP contribution in [0, 0.1) is 0 Å². The summed E-state index contributed by atoms with van der Waals surface area (Å²) in [6.07, 6.45) is -3.33. The van der Waals surface area contributed by atoms with Gasteiger partial charge >= 0.3 is 29.6 Å². The SMILES string of the molecule is FC1(F)C=C(C2(F)C(F)(F)C(F)(F)C2(F)C2(F)C(F)(F)C(F)(F)C2(F)F)C1. The van der Waals surface area contributed by atoms with Gasteiger partial charge in [-0.05, 0) is 11.6 Å². The molecule has 3 aliphatic carbocycles. The van der Waals surface area contributed by atoms with Crippen LogP contribution in [-0.4, -0.2) is 52.5 Å². The van der Waals surface area contributed by atoms with E-state index in [1.54, 1.807) is 0 Å². The van der Waals surface area contributed by atoms with E-state index >= 15 is 0 Å². The lowest BCUT2D eigenvalue weighted by molar-refractivity contribution is -0.553. The van der Waals surface area contributed by atoms with Gasteiger partial charge in [-0.2, -0.15) is 43.9 Å². The van der Waals surface area contributed by atoms with Crippen molar-refractivity contribution >= 4 is 0 Å². The maximum absolute atomic E-state index is 14.6. The molecule has 0 N–H and O–H groups in total. The van der Waals surface area contributed by atoms with Crippen LogP contribution in [0.25, 0.3) is 0 Å². The van der Waals surface area contributed by atoms with E-state index in [-0.39, 0.29) is 0 Å². The van der Waals surface area contributed by atoms with Gasteiger partial charge in [-0.1, -0.05) is 0 Å². The van der Waals surface area contributed by atoms with Gasteiger partial charge in [0.2, 0.25) is 5.67 Å². The molecule has 3 rings (SSSR count). The van der Waals surface area contributed by atoms with Crippen LogP contribution in [0.4, 0.5) is 65.9 Å². The van der Waals surface area contributed by atoms with Crippen molar-refractivity contribution in [1.82, 2.24) is 0 Å². The summed E-state index contributed by atoms with van der Waals surface area (Å²) in [6.45, 7) is 0.